The molecule has 1 amide bonds. The molecule has 1 aliphatic heterocycles. The van der Waals surface area contributed by atoms with Crippen LogP contribution in [0.15, 0.2) is 47.8 Å². The lowest BCUT2D eigenvalue weighted by molar-refractivity contribution is -0.918. The number of aromatic nitrogens is 1. The molecule has 0 aliphatic carbocycles. The molecule has 27 heavy (non-hydrogen) atoms. The van der Waals surface area contributed by atoms with Gasteiger partial charge < -0.3 is 9.64 Å². The normalized spacial score (nSPS) is 15.4. The Bertz CT molecular complexity index is 799. The van der Waals surface area contributed by atoms with E-state index in [0.717, 1.165) is 23.6 Å². The number of hydrogen-bond donors (Lipinski definition) is 2. The monoisotopic (exact) mass is 367 g/mol. The van der Waals surface area contributed by atoms with E-state index in [-0.39, 0.29) is 5.91 Å². The number of nitrogens with zero attached hydrogens (tertiary/aromatic N) is 2. The van der Waals surface area contributed by atoms with Gasteiger partial charge in [0.1, 0.15) is 12.3 Å². The van der Waals surface area contributed by atoms with Crippen LogP contribution in [0.2, 0.25) is 0 Å². The first kappa shape index (κ1) is 19.0. The maximum absolute atomic E-state index is 12.1. The molecular weight excluding hydrogens is 340 g/mol. The van der Waals surface area contributed by atoms with Crippen molar-refractivity contribution in [2.75, 3.05) is 20.2 Å². The van der Waals surface area contributed by atoms with Gasteiger partial charge in [-0.2, -0.15) is 5.10 Å². The summed E-state index contributed by atoms with van der Waals surface area (Å²) in [5.41, 5.74) is 6.07. The van der Waals surface area contributed by atoms with Crippen LogP contribution in [0.3, 0.4) is 0 Å². The first-order chi connectivity index (χ1) is 13.2. The molecule has 1 aromatic carbocycles. The predicted molar refractivity (Wildman–Crippen MR) is 105 cm³/mol. The van der Waals surface area contributed by atoms with Gasteiger partial charge in [0.25, 0.3) is 5.91 Å². The van der Waals surface area contributed by atoms with Crippen molar-refractivity contribution in [3.05, 3.63) is 59.4 Å². The number of ether oxygens (including phenoxy) is 1. The summed E-state index contributed by atoms with van der Waals surface area (Å²) in [7, 11) is 1.71. The minimum Gasteiger partial charge on any atom is -0.496 e. The van der Waals surface area contributed by atoms with E-state index >= 15 is 0 Å². The van der Waals surface area contributed by atoms with E-state index in [9.17, 15) is 4.79 Å². The smallest absolute Gasteiger partial charge is 0.271 e. The SMILES string of the molecule is COc1ccc(/C(C)=N\NC(=O)c2ccncc2)cc1C[NH+]1CCCCC1. The van der Waals surface area contributed by atoms with Crippen molar-refractivity contribution in [1.29, 1.82) is 0 Å². The topological polar surface area (TPSA) is 68.0 Å². The van der Waals surface area contributed by atoms with Crippen LogP contribution < -0.4 is 15.1 Å². The van der Waals surface area contributed by atoms with Gasteiger partial charge in [-0.3, -0.25) is 9.78 Å². The Balaban J connectivity index is 1.72. The number of methoxy groups -OCH3 is 1. The average Bonchev–Trinajstić information content (AvgIpc) is 2.73. The van der Waals surface area contributed by atoms with Crippen molar-refractivity contribution in [2.45, 2.75) is 32.7 Å². The van der Waals surface area contributed by atoms with Gasteiger partial charge in [-0.25, -0.2) is 5.43 Å². The molecule has 1 fully saturated rings. The van der Waals surface area contributed by atoms with Crippen molar-refractivity contribution in [3.8, 4) is 5.75 Å². The molecule has 1 aliphatic rings. The van der Waals surface area contributed by atoms with Gasteiger partial charge in [0.05, 0.1) is 25.9 Å². The zero-order valence-corrected chi connectivity index (χ0v) is 16.0. The van der Waals surface area contributed by atoms with Crippen LogP contribution in [0.25, 0.3) is 0 Å². The van der Waals surface area contributed by atoms with Crippen LogP contribution in [0.4, 0.5) is 0 Å². The maximum Gasteiger partial charge on any atom is 0.271 e. The molecular formula is C21H27N4O2+. The number of likely N-dealkylation sites (tertiary alicyclic amines) is 1. The van der Waals surface area contributed by atoms with Crippen LogP contribution >= 0.6 is 0 Å². The van der Waals surface area contributed by atoms with Crippen LogP contribution in [0, 0.1) is 0 Å². The second-order valence-corrected chi connectivity index (χ2v) is 6.89. The third-order valence-electron chi connectivity index (χ3n) is 4.97. The highest BCUT2D eigenvalue weighted by molar-refractivity contribution is 6.01. The molecule has 6 heteroatoms. The van der Waals surface area contributed by atoms with Crippen LogP contribution in [0.5, 0.6) is 5.75 Å². The molecule has 0 atom stereocenters. The number of carbonyl (C=O) groups is 1. The van der Waals surface area contributed by atoms with E-state index in [1.165, 1.54) is 37.9 Å². The Morgan fingerprint density at radius 2 is 1.89 bits per heavy atom. The number of rotatable bonds is 6. The molecule has 1 saturated heterocycles. The van der Waals surface area contributed by atoms with Gasteiger partial charge >= 0.3 is 0 Å². The highest BCUT2D eigenvalue weighted by atomic mass is 16.5. The van der Waals surface area contributed by atoms with Crippen LogP contribution in [0.1, 0.15) is 47.7 Å². The number of piperidine rings is 1. The molecule has 2 heterocycles. The van der Waals surface area contributed by atoms with Crippen molar-refractivity contribution in [1.82, 2.24) is 10.4 Å². The molecule has 142 valence electrons. The zero-order chi connectivity index (χ0) is 19.1. The van der Waals surface area contributed by atoms with Crippen molar-refractivity contribution in [2.24, 2.45) is 5.10 Å². The Labute approximate surface area is 160 Å². The number of pyridine rings is 1. The molecule has 0 radical (unpaired) electrons. The third-order valence-corrected chi connectivity index (χ3v) is 4.97. The first-order valence-electron chi connectivity index (χ1n) is 9.43. The summed E-state index contributed by atoms with van der Waals surface area (Å²) in [5.74, 6) is 0.661. The fourth-order valence-electron chi connectivity index (χ4n) is 3.41. The van der Waals surface area contributed by atoms with Gasteiger partial charge in [0.15, 0.2) is 0 Å². The fourth-order valence-corrected chi connectivity index (χ4v) is 3.41. The third kappa shape index (κ3) is 5.14. The second-order valence-electron chi connectivity index (χ2n) is 6.89. The van der Waals surface area contributed by atoms with Gasteiger partial charge in [-0.05, 0) is 62.1 Å². The fraction of sp³-hybridized carbons (Fsp3) is 0.381. The Morgan fingerprint density at radius 1 is 1.15 bits per heavy atom. The van der Waals surface area contributed by atoms with E-state index in [1.54, 1.807) is 36.5 Å². The summed E-state index contributed by atoms with van der Waals surface area (Å²) in [6, 6.07) is 9.40. The predicted octanol–water partition coefficient (Wildman–Crippen LogP) is 1.81. The Hall–Kier alpha value is -2.73. The van der Waals surface area contributed by atoms with E-state index in [0.29, 0.717) is 5.56 Å². The number of nitrogens with one attached hydrogen (secondary N) is 2. The van der Waals surface area contributed by atoms with E-state index < -0.39 is 0 Å². The van der Waals surface area contributed by atoms with E-state index in [2.05, 4.69) is 21.6 Å². The van der Waals surface area contributed by atoms with Gasteiger partial charge in [0.2, 0.25) is 0 Å². The summed E-state index contributed by atoms with van der Waals surface area (Å²) in [6.07, 6.45) is 7.09. The number of amides is 1. The molecule has 2 N–H and O–H groups in total. The highest BCUT2D eigenvalue weighted by Gasteiger charge is 2.17. The lowest BCUT2D eigenvalue weighted by Gasteiger charge is -2.24. The molecule has 0 saturated carbocycles. The summed E-state index contributed by atoms with van der Waals surface area (Å²) >= 11 is 0. The summed E-state index contributed by atoms with van der Waals surface area (Å²) < 4.78 is 5.55. The summed E-state index contributed by atoms with van der Waals surface area (Å²) in [5, 5.41) is 4.26. The number of hydrogen-bond acceptors (Lipinski definition) is 4. The molecule has 0 bridgehead atoms. The molecule has 6 nitrogen and oxygen atoms in total. The molecule has 1 aromatic heterocycles. The van der Waals surface area contributed by atoms with Gasteiger partial charge in [0, 0.05) is 23.5 Å². The van der Waals surface area contributed by atoms with Crippen molar-refractivity contribution < 1.29 is 14.4 Å². The molecule has 0 spiro atoms. The minimum absolute atomic E-state index is 0.247. The average molecular weight is 367 g/mol. The molecule has 2 aromatic rings. The Kier molecular flexibility index (Phi) is 6.54. The van der Waals surface area contributed by atoms with Crippen LogP contribution in [-0.2, 0) is 6.54 Å². The molecule has 3 rings (SSSR count). The van der Waals surface area contributed by atoms with Gasteiger partial charge in [-0.15, -0.1) is 0 Å². The zero-order valence-electron chi connectivity index (χ0n) is 16.0. The van der Waals surface area contributed by atoms with E-state index in [4.69, 9.17) is 4.74 Å². The minimum atomic E-state index is -0.247. The van der Waals surface area contributed by atoms with Crippen LogP contribution in [-0.4, -0.2) is 36.8 Å². The quantitative estimate of drug-likeness (QED) is 0.604. The van der Waals surface area contributed by atoms with Crippen molar-refractivity contribution in [3.63, 3.8) is 0 Å². The Morgan fingerprint density at radius 3 is 2.59 bits per heavy atom. The van der Waals surface area contributed by atoms with E-state index in [1.807, 2.05) is 19.1 Å². The summed E-state index contributed by atoms with van der Waals surface area (Å²) in [4.78, 5) is 17.7. The maximum atomic E-state index is 12.1. The first-order valence-corrected chi connectivity index (χ1v) is 9.43. The largest absolute Gasteiger partial charge is 0.496 e. The second kappa shape index (κ2) is 9.28. The lowest BCUT2D eigenvalue weighted by Crippen LogP contribution is -3.11. The molecule has 0 unspecified atom stereocenters. The van der Waals surface area contributed by atoms with Gasteiger partial charge in [-0.1, -0.05) is 0 Å². The standard InChI is InChI=1S/C21H26N4O2/c1-16(23-24-21(26)17-8-10-22-11-9-17)18-6-7-20(27-2)19(14-18)15-25-12-4-3-5-13-25/h6-11,14H,3-5,12-13,15H2,1-2H3,(H,24,26)/p+1/b23-16-. The lowest BCUT2D eigenvalue weighted by atomic mass is 10.0. The number of quaternary nitrogens is 1. The van der Waals surface area contributed by atoms with Crippen molar-refractivity contribution >= 4 is 11.6 Å². The number of carbonyl (C=O) groups excluding carboxylic acids is 1. The highest BCUT2D eigenvalue weighted by Crippen LogP contribution is 2.20. The number of benzene rings is 1. The summed E-state index contributed by atoms with van der Waals surface area (Å²) in [6.45, 7) is 5.27. The number of hydrazone groups is 1.